The van der Waals surface area contributed by atoms with Crippen LogP contribution in [0.15, 0.2) is 83.7 Å². The number of fused-ring (bicyclic) bond motifs is 11. The molecule has 1 aliphatic rings. The van der Waals surface area contributed by atoms with Gasteiger partial charge in [0.1, 0.15) is 22.9 Å². The summed E-state index contributed by atoms with van der Waals surface area (Å²) in [6, 6.07) is 22.9. The number of nitrogens with zero attached hydrogens (tertiary/aromatic N) is 3. The molecule has 0 atom stereocenters. The largest absolute Gasteiger partial charge is 0.496 e. The van der Waals surface area contributed by atoms with Crippen molar-refractivity contribution in [3.05, 3.63) is 123 Å². The average molecular weight is 506 g/mol. The molecule has 0 spiro atoms. The molecule has 8 heteroatoms. The quantitative estimate of drug-likeness (QED) is 0.352. The number of aromatic nitrogens is 3. The number of methoxy groups -OCH3 is 2. The molecule has 0 N–H and O–H groups in total. The summed E-state index contributed by atoms with van der Waals surface area (Å²) >= 11 is 0. The molecule has 188 valence electrons. The molecule has 5 aromatic rings. The Bertz CT molecular complexity index is 1690. The Morgan fingerprint density at radius 3 is 1.55 bits per heavy atom. The average Bonchev–Trinajstić information content (AvgIpc) is 3.22. The summed E-state index contributed by atoms with van der Waals surface area (Å²) in [7, 11) is 2.98. The van der Waals surface area contributed by atoms with Crippen LogP contribution in [0.1, 0.15) is 43.2 Å². The summed E-state index contributed by atoms with van der Waals surface area (Å²) in [5.41, 5.74) is 3.67. The second-order valence-corrected chi connectivity index (χ2v) is 9.08. The van der Waals surface area contributed by atoms with Crippen molar-refractivity contribution >= 4 is 22.6 Å². The summed E-state index contributed by atoms with van der Waals surface area (Å²) in [6.45, 7) is 0.521. The first-order chi connectivity index (χ1) is 18.5. The predicted octanol–water partition coefficient (Wildman–Crippen LogP) is 4.09. The van der Waals surface area contributed by atoms with Gasteiger partial charge < -0.3 is 9.47 Å². The van der Waals surface area contributed by atoms with Crippen LogP contribution in [0.25, 0.3) is 11.0 Å². The Kier molecular flexibility index (Phi) is 5.64. The summed E-state index contributed by atoms with van der Waals surface area (Å²) in [4.78, 5) is 45.3. The fourth-order valence-electron chi connectivity index (χ4n) is 4.97. The zero-order chi connectivity index (χ0) is 26.4. The molecule has 6 rings (SSSR count). The van der Waals surface area contributed by atoms with Gasteiger partial charge in [-0.1, -0.05) is 30.3 Å². The summed E-state index contributed by atoms with van der Waals surface area (Å²) in [5, 5.41) is 0. The highest BCUT2D eigenvalue weighted by Crippen LogP contribution is 2.27. The summed E-state index contributed by atoms with van der Waals surface area (Å²) in [5.74, 6) is -0.0213. The van der Waals surface area contributed by atoms with Crippen LogP contribution in [-0.2, 0) is 13.1 Å². The molecule has 8 bridgehead atoms. The summed E-state index contributed by atoms with van der Waals surface area (Å²) < 4.78 is 14.3. The van der Waals surface area contributed by atoms with Crippen molar-refractivity contribution in [3.63, 3.8) is 0 Å². The topological polar surface area (TPSA) is 92.4 Å². The molecule has 1 aliphatic heterocycles. The van der Waals surface area contributed by atoms with Gasteiger partial charge in [-0.15, -0.1) is 0 Å². The van der Waals surface area contributed by atoms with Gasteiger partial charge in [-0.05, 0) is 59.7 Å². The number of imidazole rings is 1. The van der Waals surface area contributed by atoms with E-state index in [2.05, 4.69) is 4.98 Å². The second-order valence-electron chi connectivity index (χ2n) is 9.08. The summed E-state index contributed by atoms with van der Waals surface area (Å²) in [6.07, 6.45) is 0. The van der Waals surface area contributed by atoms with Gasteiger partial charge in [0.2, 0.25) is 11.6 Å². The molecule has 2 aromatic heterocycles. The van der Waals surface area contributed by atoms with Crippen molar-refractivity contribution in [2.45, 2.75) is 13.1 Å². The smallest absolute Gasteiger partial charge is 0.329 e. The third kappa shape index (κ3) is 3.78. The monoisotopic (exact) mass is 505 g/mol. The number of ketones is 2. The lowest BCUT2D eigenvalue weighted by Crippen LogP contribution is -2.25. The highest BCUT2D eigenvalue weighted by atomic mass is 16.5. The van der Waals surface area contributed by atoms with Crippen molar-refractivity contribution in [2.75, 3.05) is 14.2 Å². The van der Waals surface area contributed by atoms with Crippen LogP contribution < -0.4 is 15.2 Å². The van der Waals surface area contributed by atoms with E-state index >= 15 is 0 Å². The van der Waals surface area contributed by atoms with Crippen molar-refractivity contribution < 1.29 is 19.1 Å². The van der Waals surface area contributed by atoms with Gasteiger partial charge in [0.15, 0.2) is 0 Å². The molecule has 8 nitrogen and oxygen atoms in total. The lowest BCUT2D eigenvalue weighted by Gasteiger charge is -2.13. The van der Waals surface area contributed by atoms with E-state index < -0.39 is 0 Å². The van der Waals surface area contributed by atoms with E-state index in [9.17, 15) is 14.4 Å². The van der Waals surface area contributed by atoms with Crippen molar-refractivity contribution in [3.8, 4) is 11.5 Å². The number of hydrogen-bond donors (Lipinski definition) is 0. The molecule has 0 fully saturated rings. The minimum absolute atomic E-state index is 0.113. The molecule has 0 radical (unpaired) electrons. The zero-order valence-corrected chi connectivity index (χ0v) is 20.8. The highest BCUT2D eigenvalue weighted by molar-refractivity contribution is 6.12. The molecule has 0 saturated carbocycles. The number of benzene rings is 3. The third-order valence-corrected chi connectivity index (χ3v) is 6.84. The molecule has 38 heavy (non-hydrogen) atoms. The lowest BCUT2D eigenvalue weighted by molar-refractivity contribution is 0.102. The third-order valence-electron chi connectivity index (χ3n) is 6.84. The lowest BCUT2D eigenvalue weighted by atomic mass is 10.0. The van der Waals surface area contributed by atoms with Gasteiger partial charge in [0.05, 0.1) is 49.5 Å². The van der Waals surface area contributed by atoms with E-state index in [1.165, 1.54) is 14.2 Å². The van der Waals surface area contributed by atoms with Gasteiger partial charge >= 0.3 is 5.69 Å². The Morgan fingerprint density at radius 1 is 0.632 bits per heavy atom. The number of rotatable bonds is 2. The van der Waals surface area contributed by atoms with Crippen LogP contribution in [0, 0.1) is 0 Å². The molecule has 3 aromatic carbocycles. The van der Waals surface area contributed by atoms with Gasteiger partial charge in [-0.25, -0.2) is 9.78 Å². The maximum absolute atomic E-state index is 13.7. The van der Waals surface area contributed by atoms with Crippen LogP contribution >= 0.6 is 0 Å². The van der Waals surface area contributed by atoms with Crippen LogP contribution in [0.2, 0.25) is 0 Å². The number of pyridine rings is 1. The minimum Gasteiger partial charge on any atom is -0.496 e. The van der Waals surface area contributed by atoms with Crippen LogP contribution in [0.3, 0.4) is 0 Å². The van der Waals surface area contributed by atoms with Gasteiger partial charge in [0, 0.05) is 0 Å². The molecule has 3 heterocycles. The van der Waals surface area contributed by atoms with E-state index in [1.54, 1.807) is 51.6 Å². The Balaban J connectivity index is 1.64. The second kappa shape index (κ2) is 9.15. The molecule has 0 unspecified atom stereocenters. The van der Waals surface area contributed by atoms with E-state index in [-0.39, 0.29) is 41.7 Å². The maximum Gasteiger partial charge on any atom is 0.329 e. The van der Waals surface area contributed by atoms with Crippen LogP contribution in [0.5, 0.6) is 11.5 Å². The van der Waals surface area contributed by atoms with E-state index in [4.69, 9.17) is 9.47 Å². The number of para-hydroxylation sites is 2. The van der Waals surface area contributed by atoms with Crippen LogP contribution in [-0.4, -0.2) is 39.9 Å². The van der Waals surface area contributed by atoms with Crippen molar-refractivity contribution in [1.29, 1.82) is 0 Å². The number of carbonyl (C=O) groups is 2. The fourth-order valence-corrected chi connectivity index (χ4v) is 4.97. The Morgan fingerprint density at radius 2 is 1.11 bits per heavy atom. The van der Waals surface area contributed by atoms with E-state index in [0.29, 0.717) is 22.6 Å². The number of carbonyl (C=O) groups excluding carboxylic acids is 2. The minimum atomic E-state index is -0.388. The first kappa shape index (κ1) is 23.4. The first-order valence-corrected chi connectivity index (χ1v) is 12.1. The highest BCUT2D eigenvalue weighted by Gasteiger charge is 2.23. The normalized spacial score (nSPS) is 13.0. The zero-order valence-electron chi connectivity index (χ0n) is 20.8. The van der Waals surface area contributed by atoms with Crippen LogP contribution in [0.4, 0.5) is 0 Å². The number of hydrogen-bond acceptors (Lipinski definition) is 6. The molecule has 0 aliphatic carbocycles. The molecule has 0 amide bonds. The standard InChI is InChI=1S/C30H23N3O5/c1-37-26-12-10-18-14-20(26)28(34)22-6-5-7-23(31-22)29(35)21-15-19(11-13-27(21)38-2)17-33-25-9-4-3-8-24(25)32(16-18)30(33)36/h3-15H,16-17H2,1-2H3. The molecular weight excluding hydrogens is 482 g/mol. The Labute approximate surface area is 217 Å². The van der Waals surface area contributed by atoms with Gasteiger partial charge in [-0.2, -0.15) is 0 Å². The van der Waals surface area contributed by atoms with Gasteiger partial charge in [0.25, 0.3) is 0 Å². The van der Waals surface area contributed by atoms with E-state index in [0.717, 1.165) is 22.2 Å². The number of ether oxygens (including phenoxy) is 2. The molecular formula is C30H23N3O5. The Hall–Kier alpha value is -4.98. The van der Waals surface area contributed by atoms with Gasteiger partial charge in [-0.3, -0.25) is 18.7 Å². The van der Waals surface area contributed by atoms with Crippen molar-refractivity contribution in [1.82, 2.24) is 14.1 Å². The first-order valence-electron chi connectivity index (χ1n) is 12.1. The van der Waals surface area contributed by atoms with E-state index in [1.807, 2.05) is 36.4 Å². The maximum atomic E-state index is 13.7. The fraction of sp³-hybridized carbons (Fsp3) is 0.133. The van der Waals surface area contributed by atoms with Crippen molar-refractivity contribution in [2.24, 2.45) is 0 Å². The molecule has 0 saturated heterocycles. The predicted molar refractivity (Wildman–Crippen MR) is 141 cm³/mol. The SMILES string of the molecule is COc1ccc2cc1C(=O)c1cccc(n1)C(=O)c1cc(ccc1OC)Cn1c(=O)n(c3ccccc31)C2.